The van der Waals surface area contributed by atoms with E-state index in [4.69, 9.17) is 14.6 Å². The summed E-state index contributed by atoms with van der Waals surface area (Å²) in [6, 6.07) is 0.546. The molecule has 104 valence electrons. The van der Waals surface area contributed by atoms with Gasteiger partial charge < -0.3 is 14.6 Å². The van der Waals surface area contributed by atoms with Crippen LogP contribution in [0.3, 0.4) is 0 Å². The van der Waals surface area contributed by atoms with Crippen LogP contribution >= 0.6 is 0 Å². The third-order valence-corrected chi connectivity index (χ3v) is 4.13. The van der Waals surface area contributed by atoms with Crippen LogP contribution in [0.5, 0.6) is 0 Å². The molecule has 5 heteroatoms. The van der Waals surface area contributed by atoms with Crippen LogP contribution in [0.1, 0.15) is 32.1 Å². The molecule has 1 unspecified atom stereocenters. The Balaban J connectivity index is 1.90. The molecular formula is C13H23NO4. The van der Waals surface area contributed by atoms with Gasteiger partial charge in [-0.15, -0.1) is 0 Å². The summed E-state index contributed by atoms with van der Waals surface area (Å²) in [7, 11) is 1.77. The molecule has 1 saturated heterocycles. The number of aliphatic carboxylic acids is 1. The zero-order valence-corrected chi connectivity index (χ0v) is 11.0. The van der Waals surface area contributed by atoms with E-state index in [1.807, 2.05) is 0 Å². The highest BCUT2D eigenvalue weighted by Gasteiger charge is 2.33. The molecule has 1 atom stereocenters. The summed E-state index contributed by atoms with van der Waals surface area (Å²) in [4.78, 5) is 13.2. The first kappa shape index (κ1) is 13.8. The van der Waals surface area contributed by atoms with Crippen molar-refractivity contribution in [2.45, 2.75) is 50.3 Å². The lowest BCUT2D eigenvalue weighted by Gasteiger charge is -2.43. The van der Waals surface area contributed by atoms with Crippen molar-refractivity contribution < 1.29 is 19.4 Å². The smallest absolute Gasteiger partial charge is 0.305 e. The van der Waals surface area contributed by atoms with Gasteiger partial charge in [0.15, 0.2) is 0 Å². The van der Waals surface area contributed by atoms with Crippen molar-refractivity contribution in [3.05, 3.63) is 0 Å². The highest BCUT2D eigenvalue weighted by molar-refractivity contribution is 5.67. The summed E-state index contributed by atoms with van der Waals surface area (Å²) in [5, 5.41) is 8.96. The fourth-order valence-corrected chi connectivity index (χ4v) is 3.14. The molecule has 1 saturated carbocycles. The second kappa shape index (κ2) is 6.50. The minimum atomic E-state index is -0.735. The van der Waals surface area contributed by atoms with Gasteiger partial charge in [-0.05, 0) is 25.7 Å². The Hall–Kier alpha value is -0.650. The predicted molar refractivity (Wildman–Crippen MR) is 66.6 cm³/mol. The number of nitrogens with zero attached hydrogens (tertiary/aromatic N) is 1. The molecule has 18 heavy (non-hydrogen) atoms. The van der Waals surface area contributed by atoms with E-state index in [1.54, 1.807) is 7.11 Å². The Morgan fingerprint density at radius 3 is 2.72 bits per heavy atom. The number of hydrogen-bond acceptors (Lipinski definition) is 4. The van der Waals surface area contributed by atoms with E-state index in [2.05, 4.69) is 4.90 Å². The Morgan fingerprint density at radius 1 is 1.39 bits per heavy atom. The zero-order valence-electron chi connectivity index (χ0n) is 11.0. The van der Waals surface area contributed by atoms with E-state index in [9.17, 15) is 4.79 Å². The Bertz CT molecular complexity index is 276. The molecule has 2 rings (SSSR count). The van der Waals surface area contributed by atoms with Crippen LogP contribution in [0.2, 0.25) is 0 Å². The van der Waals surface area contributed by atoms with Gasteiger partial charge in [0.2, 0.25) is 0 Å². The van der Waals surface area contributed by atoms with Crippen LogP contribution in [0.25, 0.3) is 0 Å². The molecule has 0 radical (unpaired) electrons. The summed E-state index contributed by atoms with van der Waals surface area (Å²) in [6.45, 7) is 2.14. The largest absolute Gasteiger partial charge is 0.481 e. The average Bonchev–Trinajstić information content (AvgIpc) is 2.39. The van der Waals surface area contributed by atoms with Crippen LogP contribution in [0, 0.1) is 0 Å². The zero-order chi connectivity index (χ0) is 13.0. The van der Waals surface area contributed by atoms with Crippen molar-refractivity contribution in [3.8, 4) is 0 Å². The maximum absolute atomic E-state index is 10.9. The van der Waals surface area contributed by atoms with Crippen LogP contribution in [0.15, 0.2) is 0 Å². The van der Waals surface area contributed by atoms with E-state index in [0.717, 1.165) is 38.8 Å². The van der Waals surface area contributed by atoms with Crippen LogP contribution < -0.4 is 0 Å². The second-order valence-electron chi connectivity index (χ2n) is 5.23. The lowest BCUT2D eigenvalue weighted by Crippen LogP contribution is -2.52. The minimum Gasteiger partial charge on any atom is -0.481 e. The van der Waals surface area contributed by atoms with Gasteiger partial charge in [0.05, 0.1) is 25.7 Å². The van der Waals surface area contributed by atoms with Crippen LogP contribution in [0.4, 0.5) is 0 Å². The number of hydrogen-bond donors (Lipinski definition) is 1. The van der Waals surface area contributed by atoms with E-state index in [-0.39, 0.29) is 12.5 Å². The topological polar surface area (TPSA) is 59.0 Å². The number of carboxylic acids is 1. The number of rotatable bonds is 4. The molecule has 0 amide bonds. The molecule has 2 aliphatic rings. The summed E-state index contributed by atoms with van der Waals surface area (Å²) in [6.07, 6.45) is 4.95. The van der Waals surface area contributed by atoms with Gasteiger partial charge in [0.25, 0.3) is 0 Å². The van der Waals surface area contributed by atoms with Gasteiger partial charge in [-0.2, -0.15) is 0 Å². The molecule has 2 fully saturated rings. The van der Waals surface area contributed by atoms with E-state index >= 15 is 0 Å². The Kier molecular flexibility index (Phi) is 4.97. The summed E-state index contributed by atoms with van der Waals surface area (Å²) in [5.41, 5.74) is 0. The second-order valence-corrected chi connectivity index (χ2v) is 5.23. The molecular weight excluding hydrogens is 234 g/mol. The minimum absolute atomic E-state index is 0.0420. The highest BCUT2D eigenvalue weighted by Crippen LogP contribution is 2.27. The Labute approximate surface area is 108 Å². The Morgan fingerprint density at radius 2 is 2.11 bits per heavy atom. The number of methoxy groups -OCH3 is 1. The highest BCUT2D eigenvalue weighted by atomic mass is 16.5. The lowest BCUT2D eigenvalue weighted by molar-refractivity contribution is -0.141. The van der Waals surface area contributed by atoms with Crippen LogP contribution in [-0.2, 0) is 14.3 Å². The number of morpholine rings is 1. The summed E-state index contributed by atoms with van der Waals surface area (Å²) < 4.78 is 10.8. The van der Waals surface area contributed by atoms with Gasteiger partial charge >= 0.3 is 5.97 Å². The summed E-state index contributed by atoms with van der Waals surface area (Å²) >= 11 is 0. The monoisotopic (exact) mass is 257 g/mol. The fraction of sp³-hybridized carbons (Fsp3) is 0.923. The van der Waals surface area contributed by atoms with Crippen molar-refractivity contribution in [1.29, 1.82) is 0 Å². The maximum atomic E-state index is 10.9. The molecule has 1 aliphatic carbocycles. The van der Waals surface area contributed by atoms with E-state index in [1.165, 1.54) is 0 Å². The first-order valence-corrected chi connectivity index (χ1v) is 6.78. The van der Waals surface area contributed by atoms with Gasteiger partial charge in [-0.3, -0.25) is 9.69 Å². The van der Waals surface area contributed by atoms with Gasteiger partial charge in [0.1, 0.15) is 0 Å². The molecule has 5 nitrogen and oxygen atoms in total. The molecule has 0 aromatic rings. The van der Waals surface area contributed by atoms with E-state index in [0.29, 0.717) is 18.8 Å². The third kappa shape index (κ3) is 3.43. The van der Waals surface area contributed by atoms with E-state index < -0.39 is 5.97 Å². The summed E-state index contributed by atoms with van der Waals surface area (Å²) in [5.74, 6) is -0.735. The third-order valence-electron chi connectivity index (χ3n) is 4.13. The SMILES string of the molecule is COC1CCC(N2CCOCC2CC(=O)O)CC1. The first-order chi connectivity index (χ1) is 8.70. The molecule has 0 aromatic heterocycles. The normalized spacial score (nSPS) is 34.4. The molecule has 0 aromatic carbocycles. The fourth-order valence-electron chi connectivity index (χ4n) is 3.14. The number of ether oxygens (including phenoxy) is 2. The maximum Gasteiger partial charge on any atom is 0.305 e. The number of carboxylic acid groups (broad SMARTS) is 1. The molecule has 0 bridgehead atoms. The molecule has 1 N–H and O–H groups in total. The van der Waals surface area contributed by atoms with Gasteiger partial charge in [0, 0.05) is 25.7 Å². The lowest BCUT2D eigenvalue weighted by atomic mass is 9.90. The molecule has 0 spiro atoms. The standard InChI is InChI=1S/C13H23NO4/c1-17-12-4-2-10(3-5-12)14-6-7-18-9-11(14)8-13(15)16/h10-12H,2-9H2,1H3,(H,15,16). The van der Waals surface area contributed by atoms with Crippen molar-refractivity contribution in [2.24, 2.45) is 0 Å². The quantitative estimate of drug-likeness (QED) is 0.818. The van der Waals surface area contributed by atoms with Crippen molar-refractivity contribution >= 4 is 5.97 Å². The number of carbonyl (C=O) groups is 1. The van der Waals surface area contributed by atoms with Crippen molar-refractivity contribution in [2.75, 3.05) is 26.9 Å². The van der Waals surface area contributed by atoms with Crippen molar-refractivity contribution in [1.82, 2.24) is 4.90 Å². The van der Waals surface area contributed by atoms with Crippen LogP contribution in [-0.4, -0.2) is 61.0 Å². The average molecular weight is 257 g/mol. The molecule has 1 heterocycles. The molecule has 1 aliphatic heterocycles. The first-order valence-electron chi connectivity index (χ1n) is 6.78. The van der Waals surface area contributed by atoms with Gasteiger partial charge in [-0.1, -0.05) is 0 Å². The predicted octanol–water partition coefficient (Wildman–Crippen LogP) is 1.12. The van der Waals surface area contributed by atoms with Gasteiger partial charge in [-0.25, -0.2) is 0 Å². The van der Waals surface area contributed by atoms with Crippen molar-refractivity contribution in [3.63, 3.8) is 0 Å².